The van der Waals surface area contributed by atoms with Crippen LogP contribution in [0.1, 0.15) is 59.3 Å². The number of nitrogens with two attached hydrogens (primary N) is 1. The van der Waals surface area contributed by atoms with Gasteiger partial charge in [0.1, 0.15) is 5.78 Å². The third kappa shape index (κ3) is 4.33. The molecule has 0 heterocycles. The molecule has 2 nitrogen and oxygen atoms in total. The number of rotatable bonds is 4. The molecule has 1 fully saturated rings. The standard InChI is InChI=1S/C13H25NO/c1-13(2,3)12(14)9-11(15)8-10-6-4-5-7-10/h10,12H,4-9,14H2,1-3H3. The second-order valence-electron chi connectivity index (χ2n) is 6.07. The van der Waals surface area contributed by atoms with Crippen molar-refractivity contribution in [1.29, 1.82) is 0 Å². The van der Waals surface area contributed by atoms with Gasteiger partial charge in [0.2, 0.25) is 0 Å². The van der Waals surface area contributed by atoms with Crippen LogP contribution in [0.25, 0.3) is 0 Å². The molecule has 1 aliphatic carbocycles. The molecule has 0 saturated heterocycles. The fourth-order valence-electron chi connectivity index (χ4n) is 2.17. The van der Waals surface area contributed by atoms with Crippen LogP contribution in [0.4, 0.5) is 0 Å². The minimum absolute atomic E-state index is 0.00593. The number of ketones is 1. The van der Waals surface area contributed by atoms with Gasteiger partial charge in [0.15, 0.2) is 0 Å². The Labute approximate surface area is 93.6 Å². The molecule has 1 saturated carbocycles. The van der Waals surface area contributed by atoms with Crippen LogP contribution in [0.2, 0.25) is 0 Å². The predicted octanol–water partition coefficient (Wildman–Crippen LogP) is 2.90. The third-order valence-corrected chi connectivity index (χ3v) is 3.55. The molecule has 0 aliphatic heterocycles. The van der Waals surface area contributed by atoms with Crippen LogP contribution in [0.15, 0.2) is 0 Å². The Kier molecular flexibility index (Phi) is 4.32. The van der Waals surface area contributed by atoms with Crippen molar-refractivity contribution in [2.24, 2.45) is 17.1 Å². The molecule has 15 heavy (non-hydrogen) atoms. The summed E-state index contributed by atoms with van der Waals surface area (Å²) in [6.45, 7) is 6.29. The van der Waals surface area contributed by atoms with Crippen molar-refractivity contribution in [2.45, 2.75) is 65.3 Å². The fraction of sp³-hybridized carbons (Fsp3) is 0.923. The molecular weight excluding hydrogens is 186 g/mol. The minimum Gasteiger partial charge on any atom is -0.327 e. The Morgan fingerprint density at radius 2 is 1.87 bits per heavy atom. The van der Waals surface area contributed by atoms with Crippen molar-refractivity contribution in [2.75, 3.05) is 0 Å². The van der Waals surface area contributed by atoms with Crippen LogP contribution in [-0.4, -0.2) is 11.8 Å². The zero-order valence-electron chi connectivity index (χ0n) is 10.4. The van der Waals surface area contributed by atoms with Crippen LogP contribution < -0.4 is 5.73 Å². The molecule has 0 spiro atoms. The van der Waals surface area contributed by atoms with E-state index >= 15 is 0 Å². The summed E-state index contributed by atoms with van der Waals surface area (Å²) < 4.78 is 0. The van der Waals surface area contributed by atoms with Gasteiger partial charge in [-0.1, -0.05) is 46.5 Å². The van der Waals surface area contributed by atoms with Gasteiger partial charge in [0.05, 0.1) is 0 Å². The molecule has 1 atom stereocenters. The van der Waals surface area contributed by atoms with Crippen LogP contribution in [0.5, 0.6) is 0 Å². The van der Waals surface area contributed by atoms with E-state index in [9.17, 15) is 4.79 Å². The van der Waals surface area contributed by atoms with Gasteiger partial charge in [-0.25, -0.2) is 0 Å². The Hall–Kier alpha value is -0.370. The van der Waals surface area contributed by atoms with Gasteiger partial charge in [0, 0.05) is 18.9 Å². The number of hydrogen-bond acceptors (Lipinski definition) is 2. The van der Waals surface area contributed by atoms with E-state index < -0.39 is 0 Å². The Balaban J connectivity index is 2.29. The Bertz CT molecular complexity index is 211. The first-order valence-corrected chi connectivity index (χ1v) is 6.17. The maximum atomic E-state index is 11.8. The number of hydrogen-bond donors (Lipinski definition) is 1. The van der Waals surface area contributed by atoms with Gasteiger partial charge in [-0.05, 0) is 11.3 Å². The van der Waals surface area contributed by atoms with Gasteiger partial charge in [-0.2, -0.15) is 0 Å². The van der Waals surface area contributed by atoms with E-state index in [2.05, 4.69) is 20.8 Å². The highest BCUT2D eigenvalue weighted by molar-refractivity contribution is 5.79. The van der Waals surface area contributed by atoms with Crippen LogP contribution in [-0.2, 0) is 4.79 Å². The van der Waals surface area contributed by atoms with E-state index in [1.54, 1.807) is 0 Å². The molecule has 0 radical (unpaired) electrons. The predicted molar refractivity (Wildman–Crippen MR) is 63.6 cm³/mol. The Morgan fingerprint density at radius 1 is 1.33 bits per heavy atom. The summed E-state index contributed by atoms with van der Waals surface area (Å²) in [5.74, 6) is 1.02. The molecule has 0 aromatic heterocycles. The normalized spacial score (nSPS) is 20.5. The van der Waals surface area contributed by atoms with Gasteiger partial charge in [-0.15, -0.1) is 0 Å². The minimum atomic E-state index is 0.00593. The highest BCUT2D eigenvalue weighted by Gasteiger charge is 2.25. The summed E-state index contributed by atoms with van der Waals surface area (Å²) in [5.41, 5.74) is 6.05. The molecule has 1 rings (SSSR count). The fourth-order valence-corrected chi connectivity index (χ4v) is 2.17. The van der Waals surface area contributed by atoms with Crippen molar-refractivity contribution in [3.8, 4) is 0 Å². The summed E-state index contributed by atoms with van der Waals surface area (Å²) in [5, 5.41) is 0. The van der Waals surface area contributed by atoms with Crippen molar-refractivity contribution < 1.29 is 4.79 Å². The summed E-state index contributed by atoms with van der Waals surface area (Å²) >= 11 is 0. The molecule has 2 heteroatoms. The first kappa shape index (κ1) is 12.7. The molecule has 0 aromatic carbocycles. The monoisotopic (exact) mass is 211 g/mol. The highest BCUT2D eigenvalue weighted by Crippen LogP contribution is 2.29. The molecule has 1 aliphatic rings. The van der Waals surface area contributed by atoms with Gasteiger partial charge < -0.3 is 5.73 Å². The van der Waals surface area contributed by atoms with Crippen LogP contribution in [0, 0.1) is 11.3 Å². The average molecular weight is 211 g/mol. The molecule has 1 unspecified atom stereocenters. The van der Waals surface area contributed by atoms with Gasteiger partial charge in [-0.3, -0.25) is 4.79 Å². The summed E-state index contributed by atoms with van der Waals surface area (Å²) in [6.07, 6.45) is 6.43. The summed E-state index contributed by atoms with van der Waals surface area (Å²) in [6, 6.07) is 0.00593. The summed E-state index contributed by atoms with van der Waals surface area (Å²) in [7, 11) is 0. The van der Waals surface area contributed by atoms with Crippen LogP contribution >= 0.6 is 0 Å². The molecule has 0 aromatic rings. The molecule has 0 amide bonds. The van der Waals surface area contributed by atoms with E-state index in [-0.39, 0.29) is 11.5 Å². The second kappa shape index (κ2) is 5.11. The topological polar surface area (TPSA) is 43.1 Å². The highest BCUT2D eigenvalue weighted by atomic mass is 16.1. The van der Waals surface area contributed by atoms with Crippen molar-refractivity contribution in [1.82, 2.24) is 0 Å². The second-order valence-corrected chi connectivity index (χ2v) is 6.07. The zero-order valence-corrected chi connectivity index (χ0v) is 10.4. The lowest BCUT2D eigenvalue weighted by Gasteiger charge is -2.26. The van der Waals surface area contributed by atoms with Crippen LogP contribution in [0.3, 0.4) is 0 Å². The van der Waals surface area contributed by atoms with Gasteiger partial charge in [0.25, 0.3) is 0 Å². The van der Waals surface area contributed by atoms with Crippen molar-refractivity contribution >= 4 is 5.78 Å². The van der Waals surface area contributed by atoms with Crippen molar-refractivity contribution in [3.05, 3.63) is 0 Å². The maximum Gasteiger partial charge on any atom is 0.134 e. The first-order chi connectivity index (χ1) is 6.89. The maximum absolute atomic E-state index is 11.8. The SMILES string of the molecule is CC(C)(C)C(N)CC(=O)CC1CCCC1. The third-order valence-electron chi connectivity index (χ3n) is 3.55. The Morgan fingerprint density at radius 3 is 2.33 bits per heavy atom. The summed E-state index contributed by atoms with van der Waals surface area (Å²) in [4.78, 5) is 11.8. The number of carbonyl (C=O) groups excluding carboxylic acids is 1. The average Bonchev–Trinajstić information content (AvgIpc) is 2.54. The number of Topliss-reactive ketones (excluding diaryl/α,β-unsaturated/α-hetero) is 1. The van der Waals surface area contributed by atoms with E-state index in [1.165, 1.54) is 25.7 Å². The molecule has 2 N–H and O–H groups in total. The van der Waals surface area contributed by atoms with E-state index in [1.807, 2.05) is 0 Å². The lowest BCUT2D eigenvalue weighted by Crippen LogP contribution is -2.37. The molecule has 0 bridgehead atoms. The number of carbonyl (C=O) groups is 1. The quantitative estimate of drug-likeness (QED) is 0.777. The largest absolute Gasteiger partial charge is 0.327 e. The zero-order chi connectivity index (χ0) is 11.5. The lowest BCUT2D eigenvalue weighted by molar-refractivity contribution is -0.120. The van der Waals surface area contributed by atoms with Crippen molar-refractivity contribution in [3.63, 3.8) is 0 Å². The van der Waals surface area contributed by atoms with E-state index in [0.29, 0.717) is 18.1 Å². The smallest absolute Gasteiger partial charge is 0.134 e. The molecular formula is C13H25NO. The van der Waals surface area contributed by atoms with Gasteiger partial charge >= 0.3 is 0 Å². The first-order valence-electron chi connectivity index (χ1n) is 6.17. The van der Waals surface area contributed by atoms with E-state index in [4.69, 9.17) is 5.73 Å². The van der Waals surface area contributed by atoms with E-state index in [0.717, 1.165) is 6.42 Å². The molecule has 88 valence electrons. The lowest BCUT2D eigenvalue weighted by atomic mass is 9.83.